The number of fused-ring (bicyclic) bond motifs is 8. The highest BCUT2D eigenvalue weighted by Crippen LogP contribution is 2.44. The molecule has 0 radical (unpaired) electrons. The van der Waals surface area contributed by atoms with E-state index < -0.39 is 69.8 Å². The van der Waals surface area contributed by atoms with Crippen LogP contribution >= 0.6 is 0 Å². The number of nitrogens with zero attached hydrogens (tertiary/aromatic N) is 12. The number of aryl methyl sites for hydroxylation is 11. The van der Waals surface area contributed by atoms with E-state index in [4.69, 9.17) is 0 Å². The Labute approximate surface area is 733 Å². The number of anilines is 4. The molecular weight excluding hydrogens is 1670 g/mol. The molecule has 2 fully saturated rings. The van der Waals surface area contributed by atoms with E-state index in [-0.39, 0.29) is 44.3 Å². The van der Waals surface area contributed by atoms with Gasteiger partial charge in [-0.2, -0.15) is 54.1 Å². The fourth-order valence-corrected chi connectivity index (χ4v) is 23.9. The van der Waals surface area contributed by atoms with Gasteiger partial charge in [-0.3, -0.25) is 28.5 Å². The number of benzene rings is 4. The highest BCUT2D eigenvalue weighted by Gasteiger charge is 2.45. The number of carbonyl (C=O) groups is 4. The zero-order chi connectivity index (χ0) is 89.3. The van der Waals surface area contributed by atoms with Crippen molar-refractivity contribution in [1.29, 1.82) is 0 Å². The van der Waals surface area contributed by atoms with Crippen molar-refractivity contribution in [3.63, 3.8) is 0 Å². The maximum absolute atomic E-state index is 13.0. The van der Waals surface area contributed by atoms with Crippen molar-refractivity contribution in [2.45, 2.75) is 251 Å². The minimum Gasteiger partial charge on any atom is -0.381 e. The minimum absolute atomic E-state index is 0.0142. The highest BCUT2D eigenvalue weighted by molar-refractivity contribution is 7.90. The number of urea groups is 4. The van der Waals surface area contributed by atoms with Crippen molar-refractivity contribution in [2.75, 3.05) is 82.7 Å². The normalized spacial score (nSPS) is 17.8. The van der Waals surface area contributed by atoms with Crippen LogP contribution in [0, 0.1) is 0 Å². The summed E-state index contributed by atoms with van der Waals surface area (Å²) in [5.74, 6) is 0. The first-order valence-corrected chi connectivity index (χ1v) is 49.9. The maximum Gasteiger partial charge on any atom is 0.333 e. The quantitative estimate of drug-likeness (QED) is 0.0323. The Morgan fingerprint density at radius 1 is 0.392 bits per heavy atom. The van der Waals surface area contributed by atoms with Crippen LogP contribution < -0.4 is 40.2 Å². The second-order valence-electron chi connectivity index (χ2n) is 36.0. The van der Waals surface area contributed by atoms with E-state index in [2.05, 4.69) is 89.7 Å². The van der Waals surface area contributed by atoms with Crippen LogP contribution in [-0.4, -0.2) is 183 Å². The van der Waals surface area contributed by atoms with E-state index in [0.717, 1.165) is 264 Å². The van der Waals surface area contributed by atoms with Crippen LogP contribution in [-0.2, 0) is 170 Å². The lowest BCUT2D eigenvalue weighted by atomic mass is 9.91. The Hall–Kier alpha value is -9.60. The monoisotopic (exact) mass is 1790 g/mol. The number of rotatable bonds is 21. The standard InChI is InChI=1S/C23H33N5O3S.C22H29N5O3S.C22H31N5O3S.C21H27N5O4S/c1-14(2)28-20(15(3)27(4)5)13-21(25-28)32(30,31)26-23(29)24-22-18-10-6-8-16(18)12-17-9-7-11-19(17)22;1-14(27-10-5-11-27)19-13-20(24-26(19)2)31(29,30)25-22(28)23-21-17-8-3-6-15(17)12-16-7-4-9-18(16)21;1-5-18(26(2)3)19-13-20(24-27(19)4)31(29,30)25-22(28)23-21-16-10-6-8-14(16)12-15-9-7-11-17(15)21;1-25-11-21(28,12-25)17-10-18(23-26(17)2)31(29,30)24-20(27)22-19-15-7-3-5-13(15)9-14-6-4-8-16(14)19/h12-15H,6-11H2,1-5H3,(H2,24,26,29);12-14H,3-11H2,1-2H3,(H2,23,25,28);12-13,18H,5-11H2,1-4H3,(H2,23,25,28);9-10,28H,3-8,11-12H2,1-2H3,(H2,22,24,27). The summed E-state index contributed by atoms with van der Waals surface area (Å²) in [7, 11) is -1.81. The van der Waals surface area contributed by atoms with Gasteiger partial charge in [0.15, 0.2) is 20.1 Å². The molecule has 0 bridgehead atoms. The average Bonchev–Trinajstić information content (AvgIpc) is 1.65. The number of amides is 8. The van der Waals surface area contributed by atoms with Crippen LogP contribution in [0.2, 0.25) is 0 Å². The Bertz CT molecular complexity index is 5930. The smallest absolute Gasteiger partial charge is 0.333 e. The van der Waals surface area contributed by atoms with Crippen LogP contribution in [0.4, 0.5) is 41.9 Å². The molecule has 2 saturated heterocycles. The third-order valence-electron chi connectivity index (χ3n) is 26.7. The van der Waals surface area contributed by atoms with E-state index in [0.29, 0.717) is 18.8 Å². The fraction of sp³-hybridized carbons (Fsp3) is 0.545. The molecule has 0 spiro atoms. The number of aliphatic hydroxyl groups is 1. The average molecular weight is 1790 g/mol. The van der Waals surface area contributed by atoms with Crippen molar-refractivity contribution in [3.8, 4) is 0 Å². The first-order valence-electron chi connectivity index (χ1n) is 44.0. The van der Waals surface area contributed by atoms with Gasteiger partial charge in [-0.15, -0.1) is 0 Å². The van der Waals surface area contributed by atoms with E-state index >= 15 is 0 Å². The van der Waals surface area contributed by atoms with Crippen LogP contribution in [0.3, 0.4) is 0 Å². The first-order chi connectivity index (χ1) is 59.3. The molecule has 125 heavy (non-hydrogen) atoms. The van der Waals surface area contributed by atoms with Crippen molar-refractivity contribution < 1.29 is 58.0 Å². The molecule has 4 aromatic heterocycles. The summed E-state index contributed by atoms with van der Waals surface area (Å²) >= 11 is 0. The van der Waals surface area contributed by atoms with E-state index in [1.165, 1.54) is 55.3 Å². The molecule has 37 heteroatoms. The van der Waals surface area contributed by atoms with Gasteiger partial charge in [0.1, 0.15) is 5.60 Å². The molecule has 8 aliphatic carbocycles. The number of hydrogen-bond donors (Lipinski definition) is 9. The van der Waals surface area contributed by atoms with E-state index in [9.17, 15) is 58.0 Å². The van der Waals surface area contributed by atoms with Gasteiger partial charge in [-0.25, -0.2) is 38.1 Å². The molecule has 33 nitrogen and oxygen atoms in total. The van der Waals surface area contributed by atoms with Crippen molar-refractivity contribution >= 4 is 87.0 Å². The number of aromatic nitrogens is 8. The molecule has 3 unspecified atom stereocenters. The predicted octanol–water partition coefficient (Wildman–Crippen LogP) is 10.2. The maximum atomic E-state index is 13.0. The van der Waals surface area contributed by atoms with Crippen LogP contribution in [0.5, 0.6) is 0 Å². The SMILES string of the molecule is CC(c1cc(S(=O)(=O)NC(=O)Nc2c3c(cc4c2CCC4)CCC3)nn1C(C)C)N(C)C.CC(c1cc(S(=O)(=O)NC(=O)Nc2c3c(cc4c2CCC4)CCC3)nn1C)N1CCC1.CCC(c1cc(S(=O)(=O)NC(=O)Nc2c3c(cc4c2CCC4)CCC3)nn1C)N(C)C.CN1CC(O)(c2cc(S(=O)(=O)NC(=O)Nc3c4c(cc5c3CCC5)CCC4)nn2C)C1. The molecule has 18 rings (SSSR count). The van der Waals surface area contributed by atoms with Gasteiger partial charge in [-0.05, 0) is 319 Å². The topological polar surface area (TPSA) is 406 Å². The van der Waals surface area contributed by atoms with Crippen molar-refractivity contribution in [3.05, 3.63) is 160 Å². The van der Waals surface area contributed by atoms with Gasteiger partial charge in [-0.1, -0.05) is 31.2 Å². The predicted molar refractivity (Wildman–Crippen MR) is 476 cm³/mol. The van der Waals surface area contributed by atoms with Crippen LogP contribution in [0.15, 0.2) is 68.6 Å². The summed E-state index contributed by atoms with van der Waals surface area (Å²) in [6, 6.07) is 12.2. The summed E-state index contributed by atoms with van der Waals surface area (Å²) in [4.78, 5) is 59.2. The lowest BCUT2D eigenvalue weighted by Gasteiger charge is -2.44. The van der Waals surface area contributed by atoms with Crippen LogP contribution in [0.1, 0.15) is 235 Å². The number of hydrogen-bond acceptors (Lipinski definition) is 21. The highest BCUT2D eigenvalue weighted by atomic mass is 32.2. The molecule has 10 aliphatic rings. The van der Waals surface area contributed by atoms with Crippen LogP contribution in [0.25, 0.3) is 0 Å². The molecule has 9 N–H and O–H groups in total. The Morgan fingerprint density at radius 2 is 0.680 bits per heavy atom. The number of carbonyl (C=O) groups excluding carboxylic acids is 4. The zero-order valence-corrected chi connectivity index (χ0v) is 77.3. The Kier molecular flexibility index (Phi) is 25.9. The molecule has 6 heterocycles. The molecule has 8 aromatic rings. The summed E-state index contributed by atoms with van der Waals surface area (Å²) < 4.78 is 118. The molecule has 3 atom stereocenters. The second kappa shape index (κ2) is 35.9. The van der Waals surface area contributed by atoms with Gasteiger partial charge in [0, 0.05) is 112 Å². The van der Waals surface area contributed by atoms with Gasteiger partial charge in [0.25, 0.3) is 40.1 Å². The van der Waals surface area contributed by atoms with Gasteiger partial charge < -0.3 is 36.2 Å². The van der Waals surface area contributed by atoms with E-state index in [1.54, 1.807) is 53.4 Å². The molecule has 0 saturated carbocycles. The molecule has 674 valence electrons. The number of likely N-dealkylation sites (N-methyl/N-ethyl adjacent to an activating group) is 1. The first kappa shape index (κ1) is 90.2. The third kappa shape index (κ3) is 18.6. The molecular formula is C88H120N20O13S4. The summed E-state index contributed by atoms with van der Waals surface area (Å²) in [6.07, 6.45) is 25.8. The zero-order valence-electron chi connectivity index (χ0n) is 74.0. The summed E-state index contributed by atoms with van der Waals surface area (Å²) in [5.41, 5.74) is 24.3. The Morgan fingerprint density at radius 3 is 0.960 bits per heavy atom. The fourth-order valence-electron chi connectivity index (χ4n) is 20.3. The number of sulfonamides is 4. The van der Waals surface area contributed by atoms with E-state index in [1.807, 2.05) is 84.6 Å². The molecule has 2 aliphatic heterocycles. The number of β-amino-alcohol motifs (C(OH)–C–C–N with tert-alkyl or cyclic N) is 1. The van der Waals surface area contributed by atoms with Gasteiger partial charge in [0.2, 0.25) is 0 Å². The summed E-state index contributed by atoms with van der Waals surface area (Å²) in [5, 5.41) is 38.1. The molecule has 8 amide bonds. The second-order valence-corrected chi connectivity index (χ2v) is 42.5. The van der Waals surface area contributed by atoms with Crippen molar-refractivity contribution in [1.82, 2.24) is 77.6 Å². The van der Waals surface area contributed by atoms with Gasteiger partial charge in [0.05, 0.1) is 28.8 Å². The number of likely N-dealkylation sites (tertiary alicyclic amines) is 2. The minimum atomic E-state index is -4.19. The largest absolute Gasteiger partial charge is 0.381 e. The van der Waals surface area contributed by atoms with Gasteiger partial charge >= 0.3 is 24.1 Å². The lowest BCUT2D eigenvalue weighted by molar-refractivity contribution is -0.0972. The number of nitrogens with one attached hydrogen (secondary N) is 8. The van der Waals surface area contributed by atoms with Crippen molar-refractivity contribution in [2.24, 2.45) is 21.1 Å². The Balaban J connectivity index is 0.000000129. The molecule has 4 aromatic carbocycles. The lowest BCUT2D eigenvalue weighted by Crippen LogP contribution is -2.58. The summed E-state index contributed by atoms with van der Waals surface area (Å²) in [6.45, 7) is 12.8. The third-order valence-corrected chi connectivity index (χ3v) is 31.5.